The summed E-state index contributed by atoms with van der Waals surface area (Å²) in [5, 5.41) is 0. The van der Waals surface area contributed by atoms with Gasteiger partial charge in [-0.3, -0.25) is 0 Å². The average Bonchev–Trinajstić information content (AvgIpc) is 2.18. The Morgan fingerprint density at radius 3 is 3.21 bits per heavy atom. The zero-order valence-electron chi connectivity index (χ0n) is 8.31. The Balaban J connectivity index is 2.20. The molecule has 1 aliphatic heterocycles. The summed E-state index contributed by atoms with van der Waals surface area (Å²) < 4.78 is 0. The molecule has 4 heteroatoms. The summed E-state index contributed by atoms with van der Waals surface area (Å²) in [6, 6.07) is 4.34. The minimum atomic E-state index is 0.558. The average molecular weight is 209 g/mol. The van der Waals surface area contributed by atoms with Crippen molar-refractivity contribution < 1.29 is 0 Å². The van der Waals surface area contributed by atoms with Gasteiger partial charge >= 0.3 is 0 Å². The molecule has 2 rings (SSSR count). The molecule has 2 heterocycles. The third-order valence-electron chi connectivity index (χ3n) is 2.43. The zero-order valence-corrected chi connectivity index (χ0v) is 9.13. The van der Waals surface area contributed by atoms with Gasteiger partial charge in [0.05, 0.1) is 0 Å². The molecular formula is C10H15N3S. The summed E-state index contributed by atoms with van der Waals surface area (Å²) in [6.45, 7) is 3.30. The number of hydrogen-bond donors (Lipinski definition) is 1. The van der Waals surface area contributed by atoms with Crippen molar-refractivity contribution in [2.45, 2.75) is 13.0 Å². The lowest BCUT2D eigenvalue weighted by Crippen LogP contribution is -2.40. The molecule has 0 amide bonds. The highest BCUT2D eigenvalue weighted by molar-refractivity contribution is 7.99. The number of aromatic nitrogens is 1. The Bertz CT molecular complexity index is 316. The van der Waals surface area contributed by atoms with Crippen LogP contribution in [0.5, 0.6) is 0 Å². The van der Waals surface area contributed by atoms with Crippen molar-refractivity contribution in [2.24, 2.45) is 0 Å². The molecule has 0 bridgehead atoms. The van der Waals surface area contributed by atoms with Crippen LogP contribution in [-0.4, -0.2) is 29.1 Å². The van der Waals surface area contributed by atoms with Gasteiger partial charge in [0.1, 0.15) is 5.82 Å². The maximum atomic E-state index is 5.74. The van der Waals surface area contributed by atoms with Gasteiger partial charge in [-0.1, -0.05) is 0 Å². The highest BCUT2D eigenvalue weighted by atomic mass is 32.2. The molecule has 76 valence electrons. The summed E-state index contributed by atoms with van der Waals surface area (Å²) in [5.74, 6) is 3.37. The lowest BCUT2D eigenvalue weighted by molar-refractivity contribution is 0.690. The van der Waals surface area contributed by atoms with Crippen LogP contribution < -0.4 is 10.6 Å². The second-order valence-corrected chi connectivity index (χ2v) is 4.71. The molecule has 1 aliphatic rings. The normalized spacial score (nSPS) is 22.4. The summed E-state index contributed by atoms with van der Waals surface area (Å²) in [5.41, 5.74) is 6.53. The predicted molar refractivity (Wildman–Crippen MR) is 62.8 cm³/mol. The highest BCUT2D eigenvalue weighted by Crippen LogP contribution is 2.22. The number of hydrogen-bond acceptors (Lipinski definition) is 4. The Morgan fingerprint density at radius 1 is 1.64 bits per heavy atom. The predicted octanol–water partition coefficient (Wildman–Crippen LogP) is 1.61. The van der Waals surface area contributed by atoms with Crippen LogP contribution in [0.15, 0.2) is 18.3 Å². The maximum absolute atomic E-state index is 5.74. The first-order valence-electron chi connectivity index (χ1n) is 4.83. The van der Waals surface area contributed by atoms with Gasteiger partial charge in [-0.2, -0.15) is 11.8 Å². The first-order valence-corrected chi connectivity index (χ1v) is 5.99. The lowest BCUT2D eigenvalue weighted by Gasteiger charge is -2.34. The fourth-order valence-corrected chi connectivity index (χ4v) is 2.67. The van der Waals surface area contributed by atoms with Crippen molar-refractivity contribution in [2.75, 3.05) is 28.7 Å². The van der Waals surface area contributed by atoms with Gasteiger partial charge in [-0.05, 0) is 13.0 Å². The van der Waals surface area contributed by atoms with Crippen LogP contribution in [0.4, 0.5) is 11.5 Å². The van der Waals surface area contributed by atoms with Crippen LogP contribution in [0.3, 0.4) is 0 Å². The Hall–Kier alpha value is -0.900. The minimum Gasteiger partial charge on any atom is -0.399 e. The lowest BCUT2D eigenvalue weighted by atomic mass is 10.3. The van der Waals surface area contributed by atoms with Crippen LogP contribution in [0.2, 0.25) is 0 Å². The van der Waals surface area contributed by atoms with Crippen molar-refractivity contribution in [3.8, 4) is 0 Å². The maximum Gasteiger partial charge on any atom is 0.130 e. The second-order valence-electron chi connectivity index (χ2n) is 3.56. The summed E-state index contributed by atoms with van der Waals surface area (Å²) in [7, 11) is 0. The van der Waals surface area contributed by atoms with E-state index < -0.39 is 0 Å². The quantitative estimate of drug-likeness (QED) is 0.763. The Kier molecular flexibility index (Phi) is 2.82. The molecule has 1 fully saturated rings. The van der Waals surface area contributed by atoms with Crippen molar-refractivity contribution in [3.63, 3.8) is 0 Å². The minimum absolute atomic E-state index is 0.558. The first kappa shape index (κ1) is 9.65. The van der Waals surface area contributed by atoms with Gasteiger partial charge in [0, 0.05) is 42.0 Å². The van der Waals surface area contributed by atoms with Gasteiger partial charge in [0.2, 0.25) is 0 Å². The fraction of sp³-hybridized carbons (Fsp3) is 0.500. The van der Waals surface area contributed by atoms with E-state index in [-0.39, 0.29) is 0 Å². The zero-order chi connectivity index (χ0) is 9.97. The van der Waals surface area contributed by atoms with Crippen LogP contribution >= 0.6 is 11.8 Å². The van der Waals surface area contributed by atoms with Gasteiger partial charge in [0.25, 0.3) is 0 Å². The standard InChI is InChI=1S/C10H15N3S/c1-8-7-14-5-4-13(8)10-6-9(11)2-3-12-10/h2-3,6,8H,4-5,7H2,1H3,(H2,11,12). The molecule has 0 spiro atoms. The topological polar surface area (TPSA) is 42.1 Å². The molecule has 14 heavy (non-hydrogen) atoms. The molecule has 1 aromatic heterocycles. The summed E-state index contributed by atoms with van der Waals surface area (Å²) in [4.78, 5) is 6.68. The second kappa shape index (κ2) is 4.09. The molecule has 0 saturated carbocycles. The molecule has 0 aromatic carbocycles. The largest absolute Gasteiger partial charge is 0.399 e. The molecule has 0 radical (unpaired) electrons. The van der Waals surface area contributed by atoms with E-state index in [2.05, 4.69) is 16.8 Å². The molecule has 1 unspecified atom stereocenters. The number of pyridine rings is 1. The monoisotopic (exact) mass is 209 g/mol. The van der Waals surface area contributed by atoms with Crippen LogP contribution in [-0.2, 0) is 0 Å². The molecular weight excluding hydrogens is 194 g/mol. The van der Waals surface area contributed by atoms with Crippen molar-refractivity contribution >= 4 is 23.3 Å². The van der Waals surface area contributed by atoms with E-state index in [4.69, 9.17) is 5.73 Å². The summed E-state index contributed by atoms with van der Waals surface area (Å²) >= 11 is 2.00. The van der Waals surface area contributed by atoms with Gasteiger partial charge in [-0.15, -0.1) is 0 Å². The molecule has 2 N–H and O–H groups in total. The number of anilines is 2. The van der Waals surface area contributed by atoms with Gasteiger partial charge in [-0.25, -0.2) is 4.98 Å². The highest BCUT2D eigenvalue weighted by Gasteiger charge is 2.19. The molecule has 3 nitrogen and oxygen atoms in total. The number of nitrogens with zero attached hydrogens (tertiary/aromatic N) is 2. The van der Waals surface area contributed by atoms with Gasteiger partial charge < -0.3 is 10.6 Å². The smallest absolute Gasteiger partial charge is 0.130 e. The van der Waals surface area contributed by atoms with E-state index in [0.29, 0.717) is 6.04 Å². The number of nitrogens with two attached hydrogens (primary N) is 1. The Morgan fingerprint density at radius 2 is 2.50 bits per heavy atom. The van der Waals surface area contributed by atoms with E-state index in [1.807, 2.05) is 23.9 Å². The van der Waals surface area contributed by atoms with Crippen LogP contribution in [0.25, 0.3) is 0 Å². The van der Waals surface area contributed by atoms with E-state index in [9.17, 15) is 0 Å². The molecule has 1 saturated heterocycles. The first-order chi connectivity index (χ1) is 6.77. The molecule has 1 aromatic rings. The number of nitrogen functional groups attached to an aromatic ring is 1. The van der Waals surface area contributed by atoms with E-state index >= 15 is 0 Å². The SMILES string of the molecule is CC1CSCCN1c1cc(N)ccn1. The van der Waals surface area contributed by atoms with E-state index in [1.54, 1.807) is 6.20 Å². The molecule has 1 atom stereocenters. The number of rotatable bonds is 1. The fourth-order valence-electron chi connectivity index (χ4n) is 1.66. The van der Waals surface area contributed by atoms with Crippen LogP contribution in [0, 0.1) is 0 Å². The van der Waals surface area contributed by atoms with Crippen molar-refractivity contribution in [1.82, 2.24) is 4.98 Å². The summed E-state index contributed by atoms with van der Waals surface area (Å²) in [6.07, 6.45) is 1.78. The van der Waals surface area contributed by atoms with Crippen LogP contribution in [0.1, 0.15) is 6.92 Å². The van der Waals surface area contributed by atoms with Gasteiger partial charge in [0.15, 0.2) is 0 Å². The van der Waals surface area contributed by atoms with Crippen molar-refractivity contribution in [3.05, 3.63) is 18.3 Å². The molecule has 0 aliphatic carbocycles. The Labute approximate surface area is 88.7 Å². The van der Waals surface area contributed by atoms with E-state index in [1.165, 1.54) is 11.5 Å². The van der Waals surface area contributed by atoms with Crippen molar-refractivity contribution in [1.29, 1.82) is 0 Å². The van der Waals surface area contributed by atoms with E-state index in [0.717, 1.165) is 18.1 Å². The number of thioether (sulfide) groups is 1. The third kappa shape index (κ3) is 1.95. The third-order valence-corrected chi connectivity index (χ3v) is 3.62.